The first-order chi connectivity index (χ1) is 17.6. The topological polar surface area (TPSA) is 302 Å². The van der Waals surface area contributed by atoms with E-state index in [1.165, 1.54) is 6.92 Å². The van der Waals surface area contributed by atoms with Gasteiger partial charge in [-0.15, -0.1) is 0 Å². The van der Waals surface area contributed by atoms with E-state index in [4.69, 9.17) is 10.5 Å². The lowest BCUT2D eigenvalue weighted by Gasteiger charge is -2.33. The molecule has 212 valence electrons. The second kappa shape index (κ2) is 10.5. The predicted octanol–water partition coefficient (Wildman–Crippen LogP) is -3.02. The van der Waals surface area contributed by atoms with Gasteiger partial charge in [-0.3, -0.25) is 23.4 Å². The van der Waals surface area contributed by atoms with Crippen molar-refractivity contribution in [3.63, 3.8) is 0 Å². The molecule has 4 rings (SSSR count). The van der Waals surface area contributed by atoms with Crippen LogP contribution in [0.5, 0.6) is 0 Å². The number of fused-ring (bicyclic) bond motifs is 1. The lowest BCUT2D eigenvalue weighted by Crippen LogP contribution is -2.48. The maximum atomic E-state index is 12.3. The van der Waals surface area contributed by atoms with Crippen molar-refractivity contribution in [3.8, 4) is 0 Å². The molecule has 6 unspecified atom stereocenters. The molecule has 19 nitrogen and oxygen atoms in total. The standard InChI is InChI=1S/C17H25N5O14P2/c1-5-2-6(10(24)12(26)9(5)23)35-38(31,32)36-37(29,30)33-3-7-11(25)13(27)16(34-7)22-4-19-8-14(22)20-17(18)21-15(8)28/h2,4,6-7,9-13,16,23-27H,3H2,1H3,(H,29,30)(H,31,32)(H3,18,20,21,28)/t6-,7+,9+,10?,11?,12?,13?,16+/m0/s1. The monoisotopic (exact) mass is 585 g/mol. The van der Waals surface area contributed by atoms with Crippen LogP contribution in [-0.2, 0) is 27.2 Å². The number of imidazole rings is 1. The van der Waals surface area contributed by atoms with E-state index in [9.17, 15) is 49.2 Å². The van der Waals surface area contributed by atoms with E-state index in [0.29, 0.717) is 0 Å². The van der Waals surface area contributed by atoms with Gasteiger partial charge in [-0.25, -0.2) is 14.1 Å². The highest BCUT2D eigenvalue weighted by atomic mass is 31.3. The fraction of sp³-hybridized carbons (Fsp3) is 0.588. The average Bonchev–Trinajstić information content (AvgIpc) is 3.35. The van der Waals surface area contributed by atoms with Gasteiger partial charge in [0.15, 0.2) is 17.4 Å². The summed E-state index contributed by atoms with van der Waals surface area (Å²) >= 11 is 0. The number of phosphoric acid groups is 2. The fourth-order valence-corrected chi connectivity index (χ4v) is 6.13. The Morgan fingerprint density at radius 2 is 1.79 bits per heavy atom. The van der Waals surface area contributed by atoms with Crippen molar-refractivity contribution in [1.29, 1.82) is 0 Å². The molecule has 2 aromatic heterocycles. The highest BCUT2D eigenvalue weighted by Crippen LogP contribution is 2.61. The Bertz CT molecular complexity index is 1380. The van der Waals surface area contributed by atoms with Gasteiger partial charge in [0, 0.05) is 0 Å². The zero-order chi connectivity index (χ0) is 28.2. The number of nitrogens with one attached hydrogen (secondary N) is 1. The molecular formula is C17H25N5O14P2. The number of aromatic nitrogens is 4. The minimum Gasteiger partial charge on any atom is -0.387 e. The molecule has 1 aliphatic heterocycles. The Hall–Kier alpha value is -2.09. The number of phosphoric ester groups is 2. The summed E-state index contributed by atoms with van der Waals surface area (Å²) in [7, 11) is -10.8. The van der Waals surface area contributed by atoms with E-state index < -0.39 is 76.8 Å². The summed E-state index contributed by atoms with van der Waals surface area (Å²) in [5, 5.41) is 50.2. The van der Waals surface area contributed by atoms with Gasteiger partial charge in [0.25, 0.3) is 5.56 Å². The van der Waals surface area contributed by atoms with Crippen LogP contribution in [0, 0.1) is 0 Å². The van der Waals surface area contributed by atoms with Crippen molar-refractivity contribution in [3.05, 3.63) is 28.3 Å². The summed E-state index contributed by atoms with van der Waals surface area (Å²) in [5.74, 6) is -0.261. The van der Waals surface area contributed by atoms with Crippen LogP contribution in [0.1, 0.15) is 13.2 Å². The normalized spacial score (nSPS) is 35.1. The van der Waals surface area contributed by atoms with E-state index in [0.717, 1.165) is 17.0 Å². The van der Waals surface area contributed by atoms with E-state index in [1.54, 1.807) is 0 Å². The van der Waals surface area contributed by atoms with Crippen molar-refractivity contribution in [2.75, 3.05) is 12.3 Å². The SMILES string of the molecule is CC1=C[C@H](OP(=O)(O)OP(=O)(O)OC[C@H]2O[C@@H](n3cnc4c(=O)[nH]c(N)nc43)C(O)C2O)C(O)C(O)[C@@H]1O. The molecule has 2 aromatic rings. The molecule has 0 aromatic carbocycles. The molecule has 1 aliphatic carbocycles. The van der Waals surface area contributed by atoms with E-state index in [-0.39, 0.29) is 22.7 Å². The van der Waals surface area contributed by atoms with Gasteiger partial charge in [-0.1, -0.05) is 6.08 Å². The Morgan fingerprint density at radius 3 is 2.47 bits per heavy atom. The molecule has 0 spiro atoms. The molecule has 1 saturated heterocycles. The largest absolute Gasteiger partial charge is 0.481 e. The second-order valence-electron chi connectivity index (χ2n) is 8.54. The van der Waals surface area contributed by atoms with E-state index >= 15 is 0 Å². The first-order valence-electron chi connectivity index (χ1n) is 10.8. The molecule has 0 amide bonds. The lowest BCUT2D eigenvalue weighted by molar-refractivity contribution is -0.0905. The Kier molecular flexibility index (Phi) is 7.97. The molecule has 21 heteroatoms. The van der Waals surface area contributed by atoms with Crippen LogP contribution in [0.3, 0.4) is 0 Å². The zero-order valence-electron chi connectivity index (χ0n) is 19.3. The second-order valence-corrected chi connectivity index (χ2v) is 11.5. The summed E-state index contributed by atoms with van der Waals surface area (Å²) < 4.78 is 44.6. The number of aromatic amines is 1. The van der Waals surface area contributed by atoms with Gasteiger partial charge in [0.05, 0.1) is 12.9 Å². The number of nitrogens with two attached hydrogens (primary N) is 1. The van der Waals surface area contributed by atoms with Crippen LogP contribution in [0.15, 0.2) is 22.8 Å². The van der Waals surface area contributed by atoms with Crippen LogP contribution >= 0.6 is 15.6 Å². The van der Waals surface area contributed by atoms with Crippen LogP contribution in [0.2, 0.25) is 0 Å². The van der Waals surface area contributed by atoms with Crippen LogP contribution in [-0.4, -0.2) is 104 Å². The third kappa shape index (κ3) is 5.75. The number of rotatable bonds is 8. The van der Waals surface area contributed by atoms with Gasteiger partial charge in [-0.05, 0) is 12.5 Å². The van der Waals surface area contributed by atoms with E-state index in [2.05, 4.69) is 28.3 Å². The Labute approximate surface area is 211 Å². The number of hydrogen-bond acceptors (Lipinski definition) is 15. The van der Waals surface area contributed by atoms with Gasteiger partial charge in [0.1, 0.15) is 42.7 Å². The molecule has 10 N–H and O–H groups in total. The van der Waals surface area contributed by atoms with Crippen LogP contribution in [0.4, 0.5) is 5.95 Å². The maximum Gasteiger partial charge on any atom is 0.481 e. The predicted molar refractivity (Wildman–Crippen MR) is 122 cm³/mol. The molecule has 1 fully saturated rings. The lowest BCUT2D eigenvalue weighted by atomic mass is 9.91. The zero-order valence-corrected chi connectivity index (χ0v) is 21.1. The highest BCUT2D eigenvalue weighted by molar-refractivity contribution is 7.61. The van der Waals surface area contributed by atoms with Crippen molar-refractivity contribution in [2.45, 2.75) is 55.9 Å². The summed E-state index contributed by atoms with van der Waals surface area (Å²) in [6, 6.07) is 0. The van der Waals surface area contributed by atoms with Crippen molar-refractivity contribution >= 4 is 32.8 Å². The molecule has 0 radical (unpaired) electrons. The molecule has 3 heterocycles. The van der Waals surface area contributed by atoms with Gasteiger partial charge < -0.3 is 45.8 Å². The van der Waals surface area contributed by atoms with Crippen molar-refractivity contribution < 1.29 is 62.5 Å². The molecule has 38 heavy (non-hydrogen) atoms. The van der Waals surface area contributed by atoms with Crippen LogP contribution in [0.25, 0.3) is 11.2 Å². The molecular weight excluding hydrogens is 560 g/mol. The minimum absolute atomic E-state index is 0.0878. The quantitative estimate of drug-likeness (QED) is 0.110. The summed E-state index contributed by atoms with van der Waals surface area (Å²) in [6.07, 6.45) is -11.0. The third-order valence-electron chi connectivity index (χ3n) is 5.83. The van der Waals surface area contributed by atoms with E-state index in [1.807, 2.05) is 0 Å². The summed E-state index contributed by atoms with van der Waals surface area (Å²) in [6.45, 7) is 0.394. The van der Waals surface area contributed by atoms with Crippen molar-refractivity contribution in [2.24, 2.45) is 0 Å². The fourth-order valence-electron chi connectivity index (χ4n) is 3.92. The first-order valence-corrected chi connectivity index (χ1v) is 13.8. The molecule has 0 bridgehead atoms. The number of nitrogen functional groups attached to an aromatic ring is 1. The number of ether oxygens (including phenoxy) is 1. The number of anilines is 1. The highest BCUT2D eigenvalue weighted by Gasteiger charge is 2.47. The molecule has 10 atom stereocenters. The van der Waals surface area contributed by atoms with Gasteiger partial charge in [-0.2, -0.15) is 9.29 Å². The molecule has 2 aliphatic rings. The smallest absolute Gasteiger partial charge is 0.387 e. The first kappa shape index (κ1) is 28.9. The number of nitrogens with zero attached hydrogens (tertiary/aromatic N) is 3. The van der Waals surface area contributed by atoms with Crippen LogP contribution < -0.4 is 11.3 Å². The van der Waals surface area contributed by atoms with Gasteiger partial charge in [0.2, 0.25) is 5.95 Å². The number of H-pyrrole nitrogens is 1. The van der Waals surface area contributed by atoms with Gasteiger partial charge >= 0.3 is 15.6 Å². The average molecular weight is 585 g/mol. The van der Waals surface area contributed by atoms with Crippen molar-refractivity contribution in [1.82, 2.24) is 19.5 Å². The molecule has 0 saturated carbocycles. The number of aliphatic hydroxyl groups is 5. The summed E-state index contributed by atoms with van der Waals surface area (Å²) in [5.41, 5.74) is 4.70. The number of hydrogen-bond donors (Lipinski definition) is 9. The summed E-state index contributed by atoms with van der Waals surface area (Å²) in [4.78, 5) is 41.8. The third-order valence-corrected chi connectivity index (χ3v) is 8.47. The number of aliphatic hydroxyl groups excluding tert-OH is 5. The Balaban J connectivity index is 1.41. The Morgan fingerprint density at radius 1 is 1.11 bits per heavy atom. The maximum absolute atomic E-state index is 12.3. The minimum atomic E-state index is -5.42.